The van der Waals surface area contributed by atoms with Crippen molar-refractivity contribution < 1.29 is 9.32 Å². The van der Waals surface area contributed by atoms with E-state index >= 15 is 0 Å². The van der Waals surface area contributed by atoms with Crippen LogP contribution in [0.1, 0.15) is 40.8 Å². The molecule has 0 saturated heterocycles. The Bertz CT molecular complexity index is 1360. The van der Waals surface area contributed by atoms with E-state index in [0.29, 0.717) is 25.0 Å². The highest BCUT2D eigenvalue weighted by Crippen LogP contribution is 2.25. The Morgan fingerprint density at radius 1 is 1.09 bits per heavy atom. The second-order valence-electron chi connectivity index (χ2n) is 8.38. The van der Waals surface area contributed by atoms with E-state index in [9.17, 15) is 9.59 Å². The first kappa shape index (κ1) is 22.5. The van der Waals surface area contributed by atoms with Gasteiger partial charge in [-0.15, -0.1) is 0 Å². The number of hydrogen-bond acceptors (Lipinski definition) is 5. The van der Waals surface area contributed by atoms with E-state index < -0.39 is 0 Å². The maximum absolute atomic E-state index is 13.1. The third-order valence-corrected chi connectivity index (χ3v) is 6.02. The molecular weight excluding hydrogens is 418 g/mol. The molecule has 1 N–H and O–H groups in total. The second kappa shape index (κ2) is 9.05. The third kappa shape index (κ3) is 4.33. The van der Waals surface area contributed by atoms with Crippen molar-refractivity contribution in [3.8, 4) is 5.69 Å². The van der Waals surface area contributed by atoms with Crippen molar-refractivity contribution in [3.63, 3.8) is 0 Å². The largest absolute Gasteiger partial charge is 0.361 e. The van der Waals surface area contributed by atoms with Crippen molar-refractivity contribution in [1.29, 1.82) is 0 Å². The molecule has 0 aliphatic rings. The number of carbonyl (C=O) groups excluding carboxylic acids is 1. The number of carbonyl (C=O) groups is 1. The molecule has 3 aromatic heterocycles. The monoisotopic (exact) mass is 447 g/mol. The van der Waals surface area contributed by atoms with Crippen molar-refractivity contribution in [2.75, 3.05) is 6.54 Å². The third-order valence-electron chi connectivity index (χ3n) is 6.02. The Kier molecular flexibility index (Phi) is 6.18. The van der Waals surface area contributed by atoms with E-state index in [2.05, 4.69) is 10.5 Å². The molecule has 8 nitrogen and oxygen atoms in total. The number of aromatic nitrogens is 4. The molecule has 0 fully saturated rings. The number of rotatable bonds is 7. The number of benzene rings is 1. The summed E-state index contributed by atoms with van der Waals surface area (Å²) in [5.74, 6) is 0.524. The second-order valence-corrected chi connectivity index (χ2v) is 8.38. The van der Waals surface area contributed by atoms with Crippen LogP contribution in [0.15, 0.2) is 39.6 Å². The number of nitrogens with one attached hydrogen (secondary N) is 1. The summed E-state index contributed by atoms with van der Waals surface area (Å²) in [5, 5.41) is 12.5. The highest BCUT2D eigenvalue weighted by molar-refractivity contribution is 5.85. The number of fused-ring (bicyclic) bond motifs is 1. The Morgan fingerprint density at radius 2 is 1.82 bits per heavy atom. The molecule has 0 unspecified atom stereocenters. The van der Waals surface area contributed by atoms with Gasteiger partial charge in [-0.1, -0.05) is 29.8 Å². The van der Waals surface area contributed by atoms with Gasteiger partial charge in [0.15, 0.2) is 0 Å². The Morgan fingerprint density at radius 3 is 2.45 bits per heavy atom. The Balaban J connectivity index is 1.68. The van der Waals surface area contributed by atoms with Crippen LogP contribution in [0.25, 0.3) is 16.7 Å². The minimum atomic E-state index is -0.233. The van der Waals surface area contributed by atoms with Gasteiger partial charge >= 0.3 is 0 Å². The van der Waals surface area contributed by atoms with E-state index in [1.807, 2.05) is 58.9 Å². The summed E-state index contributed by atoms with van der Waals surface area (Å²) in [6, 6.07) is 9.57. The zero-order valence-corrected chi connectivity index (χ0v) is 19.7. The smallest absolute Gasteiger partial charge is 0.252 e. The lowest BCUT2D eigenvalue weighted by molar-refractivity contribution is -0.121. The van der Waals surface area contributed by atoms with Gasteiger partial charge in [0, 0.05) is 23.6 Å². The van der Waals surface area contributed by atoms with Crippen LogP contribution in [0.3, 0.4) is 0 Å². The Hall–Kier alpha value is -3.68. The molecule has 1 aromatic carbocycles. The van der Waals surface area contributed by atoms with Crippen LogP contribution < -0.4 is 10.9 Å². The Labute approximate surface area is 192 Å². The minimum absolute atomic E-state index is 0.0854. The van der Waals surface area contributed by atoms with Crippen molar-refractivity contribution in [3.05, 3.63) is 74.5 Å². The van der Waals surface area contributed by atoms with Crippen LogP contribution in [0.5, 0.6) is 0 Å². The van der Waals surface area contributed by atoms with Gasteiger partial charge in [0.2, 0.25) is 5.91 Å². The minimum Gasteiger partial charge on any atom is -0.361 e. The zero-order chi connectivity index (χ0) is 23.7. The molecule has 1 amide bonds. The molecule has 0 bridgehead atoms. The van der Waals surface area contributed by atoms with Crippen LogP contribution in [0.4, 0.5) is 0 Å². The van der Waals surface area contributed by atoms with Gasteiger partial charge in [0.25, 0.3) is 5.56 Å². The van der Waals surface area contributed by atoms with Crippen molar-refractivity contribution in [2.24, 2.45) is 0 Å². The molecule has 0 spiro atoms. The van der Waals surface area contributed by atoms with Crippen LogP contribution in [0, 0.1) is 27.7 Å². The quantitative estimate of drug-likeness (QED) is 0.469. The zero-order valence-electron chi connectivity index (χ0n) is 19.7. The lowest BCUT2D eigenvalue weighted by atomic mass is 10.1. The molecule has 4 rings (SSSR count). The molecule has 4 aromatic rings. The molecular formula is C25H29N5O3. The molecule has 33 heavy (non-hydrogen) atoms. The first-order valence-electron chi connectivity index (χ1n) is 11.2. The van der Waals surface area contributed by atoms with Crippen LogP contribution in [-0.4, -0.2) is 32.0 Å². The predicted octanol–water partition coefficient (Wildman–Crippen LogP) is 3.33. The standard InChI is InChI=1S/C25H29N5O3/c1-6-19-13-23(32)29(14-22(31)26-12-11-21-16(3)28-33-18(21)5)25-24(19)17(4)27-30(25)20-9-7-15(2)8-10-20/h7-10,13H,6,11-12,14H2,1-5H3,(H,26,31). The van der Waals surface area contributed by atoms with Gasteiger partial charge in [0.1, 0.15) is 18.0 Å². The normalized spacial score (nSPS) is 11.3. The molecule has 0 saturated carbocycles. The molecule has 3 heterocycles. The van der Waals surface area contributed by atoms with Crippen LogP contribution >= 0.6 is 0 Å². The van der Waals surface area contributed by atoms with Gasteiger partial charge < -0.3 is 9.84 Å². The van der Waals surface area contributed by atoms with E-state index in [4.69, 9.17) is 9.62 Å². The molecule has 0 aliphatic carbocycles. The van der Waals surface area contributed by atoms with E-state index in [1.54, 1.807) is 10.7 Å². The van der Waals surface area contributed by atoms with Gasteiger partial charge in [-0.2, -0.15) is 5.10 Å². The maximum Gasteiger partial charge on any atom is 0.252 e. The predicted molar refractivity (Wildman–Crippen MR) is 127 cm³/mol. The lowest BCUT2D eigenvalue weighted by Gasteiger charge is -2.13. The highest BCUT2D eigenvalue weighted by Gasteiger charge is 2.19. The molecule has 172 valence electrons. The summed E-state index contributed by atoms with van der Waals surface area (Å²) in [7, 11) is 0. The van der Waals surface area contributed by atoms with E-state index in [0.717, 1.165) is 44.9 Å². The van der Waals surface area contributed by atoms with Crippen molar-refractivity contribution in [2.45, 2.75) is 54.0 Å². The van der Waals surface area contributed by atoms with E-state index in [1.165, 1.54) is 4.57 Å². The molecule has 0 radical (unpaired) electrons. The van der Waals surface area contributed by atoms with E-state index in [-0.39, 0.29) is 18.0 Å². The van der Waals surface area contributed by atoms with Crippen molar-refractivity contribution >= 4 is 16.9 Å². The fraction of sp³-hybridized carbons (Fsp3) is 0.360. The summed E-state index contributed by atoms with van der Waals surface area (Å²) < 4.78 is 8.46. The highest BCUT2D eigenvalue weighted by atomic mass is 16.5. The average molecular weight is 448 g/mol. The summed E-state index contributed by atoms with van der Waals surface area (Å²) in [5.41, 5.74) is 5.99. The SMILES string of the molecule is CCc1cc(=O)n(CC(=O)NCCc2c(C)noc2C)c2c1c(C)nn2-c1ccc(C)cc1. The van der Waals surface area contributed by atoms with Gasteiger partial charge in [-0.3, -0.25) is 14.2 Å². The molecule has 0 aliphatic heterocycles. The molecule has 0 atom stereocenters. The van der Waals surface area contributed by atoms with Crippen LogP contribution in [0.2, 0.25) is 0 Å². The lowest BCUT2D eigenvalue weighted by Crippen LogP contribution is -2.34. The average Bonchev–Trinajstić information content (AvgIpc) is 3.30. The molecule has 8 heteroatoms. The van der Waals surface area contributed by atoms with Gasteiger partial charge in [-0.05, 0) is 58.2 Å². The maximum atomic E-state index is 13.1. The fourth-order valence-electron chi connectivity index (χ4n) is 4.23. The number of pyridine rings is 1. The number of hydrogen-bond donors (Lipinski definition) is 1. The van der Waals surface area contributed by atoms with Crippen LogP contribution in [-0.2, 0) is 24.2 Å². The number of aryl methyl sites for hydroxylation is 5. The topological polar surface area (TPSA) is 94.9 Å². The van der Waals surface area contributed by atoms with Crippen molar-refractivity contribution in [1.82, 2.24) is 24.8 Å². The van der Waals surface area contributed by atoms with Gasteiger partial charge in [-0.25, -0.2) is 4.68 Å². The summed E-state index contributed by atoms with van der Waals surface area (Å²) in [4.78, 5) is 25.9. The first-order valence-corrected chi connectivity index (χ1v) is 11.2. The number of amides is 1. The number of nitrogens with zero attached hydrogens (tertiary/aromatic N) is 4. The van der Waals surface area contributed by atoms with Gasteiger partial charge in [0.05, 0.1) is 17.1 Å². The summed E-state index contributed by atoms with van der Waals surface area (Å²) in [6.07, 6.45) is 1.32. The first-order chi connectivity index (χ1) is 15.8. The summed E-state index contributed by atoms with van der Waals surface area (Å²) >= 11 is 0. The fourth-order valence-corrected chi connectivity index (χ4v) is 4.23. The summed E-state index contributed by atoms with van der Waals surface area (Å²) in [6.45, 7) is 10.1.